The third-order valence-corrected chi connectivity index (χ3v) is 3.59. The number of nitrogens with zero attached hydrogens (tertiary/aromatic N) is 1. The Hall–Kier alpha value is -1.72. The molecule has 4 nitrogen and oxygen atoms in total. The highest BCUT2D eigenvalue weighted by Gasteiger charge is 2.10. The lowest BCUT2D eigenvalue weighted by Gasteiger charge is -2.09. The number of hydrogen-bond acceptors (Lipinski definition) is 4. The van der Waals surface area contributed by atoms with Crippen LogP contribution in [0, 0.1) is 0 Å². The van der Waals surface area contributed by atoms with E-state index in [4.69, 9.17) is 0 Å². The molecule has 0 bridgehead atoms. The zero-order valence-electron chi connectivity index (χ0n) is 10.8. The van der Waals surface area contributed by atoms with Crippen molar-refractivity contribution in [3.8, 4) is 0 Å². The summed E-state index contributed by atoms with van der Waals surface area (Å²) in [6.45, 7) is 1.39. The molecule has 19 heavy (non-hydrogen) atoms. The average molecular weight is 275 g/mol. The Bertz CT molecular complexity index is 525. The number of aromatic nitrogens is 1. The van der Waals surface area contributed by atoms with E-state index < -0.39 is 0 Å². The van der Waals surface area contributed by atoms with Crippen LogP contribution in [0.5, 0.6) is 0 Å². The van der Waals surface area contributed by atoms with E-state index in [1.54, 1.807) is 23.0 Å². The van der Waals surface area contributed by atoms with Gasteiger partial charge in [0.1, 0.15) is 0 Å². The molecule has 2 rings (SSSR count). The summed E-state index contributed by atoms with van der Waals surface area (Å²) >= 11 is 1.54. The van der Waals surface area contributed by atoms with E-state index in [0.29, 0.717) is 6.54 Å². The minimum absolute atomic E-state index is 0.0277. The molecule has 1 heterocycles. The first-order valence-corrected chi connectivity index (χ1v) is 7.07. The summed E-state index contributed by atoms with van der Waals surface area (Å²) in [6.07, 6.45) is 2.62. The first kappa shape index (κ1) is 13.7. The number of likely N-dealkylation sites (N-methyl/N-ethyl adjacent to an activating group) is 1. The van der Waals surface area contributed by atoms with Crippen molar-refractivity contribution in [2.75, 3.05) is 13.6 Å². The molecule has 1 amide bonds. The SMILES string of the molecule is CNCCc1ccccc1C(=O)NCc1cncs1. The van der Waals surface area contributed by atoms with Gasteiger partial charge in [-0.05, 0) is 31.6 Å². The van der Waals surface area contributed by atoms with Crippen molar-refractivity contribution in [2.24, 2.45) is 0 Å². The van der Waals surface area contributed by atoms with Crippen LogP contribution in [0.25, 0.3) is 0 Å². The minimum atomic E-state index is -0.0277. The largest absolute Gasteiger partial charge is 0.347 e. The van der Waals surface area contributed by atoms with Gasteiger partial charge in [0, 0.05) is 16.6 Å². The molecule has 0 unspecified atom stereocenters. The van der Waals surface area contributed by atoms with E-state index in [-0.39, 0.29) is 5.91 Å². The van der Waals surface area contributed by atoms with Crippen molar-refractivity contribution < 1.29 is 4.79 Å². The second-order valence-corrected chi connectivity index (χ2v) is 5.13. The summed E-state index contributed by atoms with van der Waals surface area (Å²) in [5, 5.41) is 6.03. The van der Waals surface area contributed by atoms with Crippen molar-refractivity contribution in [1.82, 2.24) is 15.6 Å². The van der Waals surface area contributed by atoms with Crippen molar-refractivity contribution in [3.63, 3.8) is 0 Å². The molecule has 0 aliphatic rings. The third kappa shape index (κ3) is 3.87. The maximum absolute atomic E-state index is 12.2. The summed E-state index contributed by atoms with van der Waals surface area (Å²) in [5.41, 5.74) is 3.59. The lowest BCUT2D eigenvalue weighted by molar-refractivity contribution is 0.0950. The first-order chi connectivity index (χ1) is 9.31. The molecule has 2 N–H and O–H groups in total. The standard InChI is InChI=1S/C14H17N3OS/c1-15-7-6-11-4-2-3-5-13(11)14(18)17-9-12-8-16-10-19-12/h2-5,8,10,15H,6-7,9H2,1H3,(H,17,18). The van der Waals surface area contributed by atoms with Crippen LogP contribution in [0.3, 0.4) is 0 Å². The second-order valence-electron chi connectivity index (χ2n) is 4.16. The lowest BCUT2D eigenvalue weighted by atomic mass is 10.0. The maximum atomic E-state index is 12.2. The predicted molar refractivity (Wildman–Crippen MR) is 77.4 cm³/mol. The summed E-state index contributed by atoms with van der Waals surface area (Å²) in [4.78, 5) is 17.2. The maximum Gasteiger partial charge on any atom is 0.251 e. The first-order valence-electron chi connectivity index (χ1n) is 6.19. The fourth-order valence-corrected chi connectivity index (χ4v) is 2.35. The van der Waals surface area contributed by atoms with Gasteiger partial charge in [0.25, 0.3) is 5.91 Å². The predicted octanol–water partition coefficient (Wildman–Crippen LogP) is 1.84. The summed E-state index contributed by atoms with van der Waals surface area (Å²) in [5.74, 6) is -0.0277. The van der Waals surface area contributed by atoms with E-state index in [9.17, 15) is 4.79 Å². The second kappa shape index (κ2) is 7.01. The number of hydrogen-bond donors (Lipinski definition) is 2. The molecular weight excluding hydrogens is 258 g/mol. The molecule has 0 saturated heterocycles. The molecular formula is C14H17N3OS. The van der Waals surface area contributed by atoms with E-state index in [1.165, 1.54) is 0 Å². The number of benzene rings is 1. The van der Waals surface area contributed by atoms with Crippen LogP contribution in [0.2, 0.25) is 0 Å². The highest BCUT2D eigenvalue weighted by molar-refractivity contribution is 7.09. The zero-order chi connectivity index (χ0) is 13.5. The van der Waals surface area contributed by atoms with Gasteiger partial charge < -0.3 is 10.6 Å². The fraction of sp³-hybridized carbons (Fsp3) is 0.286. The summed E-state index contributed by atoms with van der Waals surface area (Å²) in [6, 6.07) is 7.72. The van der Waals surface area contributed by atoms with Crippen molar-refractivity contribution >= 4 is 17.2 Å². The Morgan fingerprint density at radius 2 is 2.21 bits per heavy atom. The molecule has 1 aromatic heterocycles. The van der Waals surface area contributed by atoms with Crippen LogP contribution in [-0.4, -0.2) is 24.5 Å². The molecule has 0 saturated carbocycles. The van der Waals surface area contributed by atoms with Crippen LogP contribution < -0.4 is 10.6 Å². The highest BCUT2D eigenvalue weighted by Crippen LogP contribution is 2.10. The minimum Gasteiger partial charge on any atom is -0.347 e. The molecule has 0 aliphatic heterocycles. The van der Waals surface area contributed by atoms with E-state index in [0.717, 1.165) is 29.0 Å². The Morgan fingerprint density at radius 1 is 1.37 bits per heavy atom. The van der Waals surface area contributed by atoms with Gasteiger partial charge in [0.15, 0.2) is 0 Å². The van der Waals surface area contributed by atoms with Crippen molar-refractivity contribution in [2.45, 2.75) is 13.0 Å². The number of nitrogens with one attached hydrogen (secondary N) is 2. The van der Waals surface area contributed by atoms with E-state index >= 15 is 0 Å². The Kier molecular flexibility index (Phi) is 5.06. The number of rotatable bonds is 6. The lowest BCUT2D eigenvalue weighted by Crippen LogP contribution is -2.24. The quantitative estimate of drug-likeness (QED) is 0.845. The van der Waals surface area contributed by atoms with Gasteiger partial charge in [-0.2, -0.15) is 0 Å². The summed E-state index contributed by atoms with van der Waals surface area (Å²) < 4.78 is 0. The summed E-state index contributed by atoms with van der Waals surface area (Å²) in [7, 11) is 1.91. The van der Waals surface area contributed by atoms with Gasteiger partial charge in [0.2, 0.25) is 0 Å². The van der Waals surface area contributed by atoms with Crippen LogP contribution in [0.15, 0.2) is 36.0 Å². The Morgan fingerprint density at radius 3 is 2.95 bits per heavy atom. The molecule has 0 fully saturated rings. The van der Waals surface area contributed by atoms with Crippen molar-refractivity contribution in [3.05, 3.63) is 52.0 Å². The highest BCUT2D eigenvalue weighted by atomic mass is 32.1. The Balaban J connectivity index is 2.01. The van der Waals surface area contributed by atoms with E-state index in [2.05, 4.69) is 15.6 Å². The Labute approximate surface area is 116 Å². The number of thiazole rings is 1. The third-order valence-electron chi connectivity index (χ3n) is 2.81. The van der Waals surface area contributed by atoms with Gasteiger partial charge in [-0.3, -0.25) is 9.78 Å². The zero-order valence-corrected chi connectivity index (χ0v) is 11.7. The molecule has 100 valence electrons. The number of amides is 1. The fourth-order valence-electron chi connectivity index (χ4n) is 1.81. The number of carbonyl (C=O) groups excluding carboxylic acids is 1. The van der Waals surface area contributed by atoms with Gasteiger partial charge in [-0.15, -0.1) is 11.3 Å². The van der Waals surface area contributed by atoms with Crippen molar-refractivity contribution in [1.29, 1.82) is 0 Å². The van der Waals surface area contributed by atoms with Gasteiger partial charge in [-0.1, -0.05) is 18.2 Å². The van der Waals surface area contributed by atoms with Gasteiger partial charge in [0.05, 0.1) is 12.1 Å². The van der Waals surface area contributed by atoms with Gasteiger partial charge in [-0.25, -0.2) is 0 Å². The topological polar surface area (TPSA) is 54.0 Å². The molecule has 0 radical (unpaired) electrons. The van der Waals surface area contributed by atoms with Gasteiger partial charge >= 0.3 is 0 Å². The average Bonchev–Trinajstić information content (AvgIpc) is 2.96. The van der Waals surface area contributed by atoms with Crippen LogP contribution >= 0.6 is 11.3 Å². The monoisotopic (exact) mass is 275 g/mol. The molecule has 0 spiro atoms. The molecule has 2 aromatic rings. The molecule has 5 heteroatoms. The van der Waals surface area contributed by atoms with E-state index in [1.807, 2.05) is 31.3 Å². The van der Waals surface area contributed by atoms with Crippen LogP contribution in [-0.2, 0) is 13.0 Å². The smallest absolute Gasteiger partial charge is 0.251 e. The van der Waals surface area contributed by atoms with Crippen LogP contribution in [0.4, 0.5) is 0 Å². The normalized spacial score (nSPS) is 10.4. The molecule has 0 atom stereocenters. The van der Waals surface area contributed by atoms with Crippen LogP contribution in [0.1, 0.15) is 20.8 Å². The number of carbonyl (C=O) groups is 1. The molecule has 1 aromatic carbocycles. The molecule has 0 aliphatic carbocycles.